The number of piperazine rings is 1. The zero-order chi connectivity index (χ0) is 21.2. The molecule has 1 aliphatic rings. The van der Waals surface area contributed by atoms with Crippen LogP contribution < -0.4 is 0 Å². The second-order valence-electron chi connectivity index (χ2n) is 7.40. The van der Waals surface area contributed by atoms with Crippen LogP contribution in [-0.2, 0) is 16.6 Å². The highest BCUT2D eigenvalue weighted by Gasteiger charge is 2.28. The Morgan fingerprint density at radius 1 is 1.21 bits per heavy atom. The molecule has 2 heterocycles. The van der Waals surface area contributed by atoms with Crippen LogP contribution in [0.4, 0.5) is 0 Å². The van der Waals surface area contributed by atoms with Crippen molar-refractivity contribution in [3.05, 3.63) is 51.2 Å². The molecule has 0 aliphatic carbocycles. The lowest BCUT2D eigenvalue weighted by Crippen LogP contribution is -2.48. The fourth-order valence-corrected chi connectivity index (χ4v) is 5.51. The summed E-state index contributed by atoms with van der Waals surface area (Å²) in [6.45, 7) is 7.21. The van der Waals surface area contributed by atoms with Gasteiger partial charge in [-0.1, -0.05) is 17.7 Å². The Balaban J connectivity index is 1.73. The first kappa shape index (κ1) is 22.2. The molecule has 3 rings (SSSR count). The number of benzene rings is 1. The van der Waals surface area contributed by atoms with Gasteiger partial charge in [0.2, 0.25) is 10.0 Å². The lowest BCUT2D eigenvalue weighted by molar-refractivity contribution is 0.0629. The van der Waals surface area contributed by atoms with Gasteiger partial charge in [-0.2, -0.15) is 4.31 Å². The van der Waals surface area contributed by atoms with Gasteiger partial charge in [0.05, 0.1) is 15.5 Å². The topological polar surface area (TPSA) is 60.9 Å². The summed E-state index contributed by atoms with van der Waals surface area (Å²) in [6.07, 6.45) is 0. The Hall–Kier alpha value is -1.45. The van der Waals surface area contributed by atoms with Crippen molar-refractivity contribution in [2.24, 2.45) is 0 Å². The number of sulfonamides is 1. The van der Waals surface area contributed by atoms with Gasteiger partial charge >= 0.3 is 0 Å². The summed E-state index contributed by atoms with van der Waals surface area (Å²) in [5.74, 6) is -0.227. The average Bonchev–Trinajstić information content (AvgIpc) is 3.20. The molecule has 1 aromatic heterocycles. The number of nitrogens with zero attached hydrogens (tertiary/aromatic N) is 3. The van der Waals surface area contributed by atoms with Crippen LogP contribution in [0.25, 0.3) is 0 Å². The largest absolute Gasteiger partial charge is 0.336 e. The lowest BCUT2D eigenvalue weighted by atomic mass is 10.1. The molecule has 0 saturated carbocycles. The standard InChI is InChI=1S/C20H26ClN3O3S2/c1-15(2)22(3)29(26,27)17-6-7-19(21)18(13-17)20(25)24-10-8-23(9-11-24)14-16-5-4-12-28-16/h4-7,12-13,15H,8-11,14H2,1-3H3. The Bertz CT molecular complexity index is 953. The monoisotopic (exact) mass is 455 g/mol. The molecule has 1 amide bonds. The van der Waals surface area contributed by atoms with E-state index in [-0.39, 0.29) is 27.4 Å². The summed E-state index contributed by atoms with van der Waals surface area (Å²) < 4.78 is 26.9. The first-order valence-electron chi connectivity index (χ1n) is 9.51. The Morgan fingerprint density at radius 3 is 2.48 bits per heavy atom. The van der Waals surface area contributed by atoms with E-state index in [1.807, 2.05) is 6.07 Å². The molecule has 29 heavy (non-hydrogen) atoms. The molecule has 1 fully saturated rings. The third kappa shape index (κ3) is 5.00. The van der Waals surface area contributed by atoms with E-state index in [1.165, 1.54) is 34.4 Å². The van der Waals surface area contributed by atoms with Gasteiger partial charge < -0.3 is 4.90 Å². The number of amides is 1. The van der Waals surface area contributed by atoms with Gasteiger partial charge in [0.25, 0.3) is 5.91 Å². The average molecular weight is 456 g/mol. The van der Waals surface area contributed by atoms with Crippen LogP contribution in [0, 0.1) is 0 Å². The van der Waals surface area contributed by atoms with E-state index in [4.69, 9.17) is 11.6 Å². The maximum atomic E-state index is 13.0. The number of rotatable bonds is 6. The zero-order valence-corrected chi connectivity index (χ0v) is 19.2. The van der Waals surface area contributed by atoms with Gasteiger partial charge in [0.15, 0.2) is 0 Å². The molecule has 2 aromatic rings. The van der Waals surface area contributed by atoms with Crippen LogP contribution in [0.2, 0.25) is 5.02 Å². The van der Waals surface area contributed by atoms with E-state index in [0.29, 0.717) is 13.1 Å². The van der Waals surface area contributed by atoms with Gasteiger partial charge in [-0.25, -0.2) is 8.42 Å². The molecule has 1 aromatic carbocycles. The molecule has 0 unspecified atom stereocenters. The molecule has 0 atom stereocenters. The smallest absolute Gasteiger partial charge is 0.255 e. The molecule has 0 bridgehead atoms. The normalized spacial score (nSPS) is 16.0. The highest BCUT2D eigenvalue weighted by atomic mass is 35.5. The quantitative estimate of drug-likeness (QED) is 0.669. The van der Waals surface area contributed by atoms with Crippen LogP contribution >= 0.6 is 22.9 Å². The van der Waals surface area contributed by atoms with Crippen LogP contribution in [0.3, 0.4) is 0 Å². The minimum absolute atomic E-state index is 0.0813. The minimum Gasteiger partial charge on any atom is -0.336 e. The van der Waals surface area contributed by atoms with Crippen LogP contribution in [0.15, 0.2) is 40.6 Å². The zero-order valence-electron chi connectivity index (χ0n) is 16.8. The summed E-state index contributed by atoms with van der Waals surface area (Å²) in [4.78, 5) is 18.5. The Kier molecular flexibility index (Phi) is 7.01. The van der Waals surface area contributed by atoms with Crippen molar-refractivity contribution >= 4 is 38.9 Å². The van der Waals surface area contributed by atoms with Gasteiger partial charge in [0, 0.05) is 50.7 Å². The Morgan fingerprint density at radius 2 is 1.90 bits per heavy atom. The fraction of sp³-hybridized carbons (Fsp3) is 0.450. The van der Waals surface area contributed by atoms with Crippen molar-refractivity contribution in [3.63, 3.8) is 0 Å². The Labute approximate surface area is 181 Å². The maximum Gasteiger partial charge on any atom is 0.255 e. The van der Waals surface area contributed by atoms with E-state index in [0.717, 1.165) is 19.6 Å². The molecule has 0 radical (unpaired) electrons. The predicted octanol–water partition coefficient (Wildman–Crippen LogP) is 3.39. The van der Waals surface area contributed by atoms with Gasteiger partial charge in [-0.05, 0) is 43.5 Å². The molecule has 158 valence electrons. The SMILES string of the molecule is CC(C)N(C)S(=O)(=O)c1ccc(Cl)c(C(=O)N2CCN(Cc3cccs3)CC2)c1. The van der Waals surface area contributed by atoms with Crippen LogP contribution in [-0.4, -0.2) is 67.7 Å². The van der Waals surface area contributed by atoms with E-state index in [9.17, 15) is 13.2 Å². The van der Waals surface area contributed by atoms with Crippen molar-refractivity contribution in [2.75, 3.05) is 33.2 Å². The van der Waals surface area contributed by atoms with Gasteiger partial charge in [-0.3, -0.25) is 9.69 Å². The van der Waals surface area contributed by atoms with E-state index in [1.54, 1.807) is 30.1 Å². The first-order valence-corrected chi connectivity index (χ1v) is 12.2. The van der Waals surface area contributed by atoms with Crippen molar-refractivity contribution in [2.45, 2.75) is 31.3 Å². The molecule has 0 spiro atoms. The number of carbonyl (C=O) groups excluding carboxylic acids is 1. The van der Waals surface area contributed by atoms with Gasteiger partial charge in [-0.15, -0.1) is 11.3 Å². The van der Waals surface area contributed by atoms with Crippen molar-refractivity contribution < 1.29 is 13.2 Å². The molecular weight excluding hydrogens is 430 g/mol. The molecule has 1 aliphatic heterocycles. The summed E-state index contributed by atoms with van der Waals surface area (Å²) in [7, 11) is -2.15. The van der Waals surface area contributed by atoms with Gasteiger partial charge in [0.1, 0.15) is 0 Å². The van der Waals surface area contributed by atoms with Crippen molar-refractivity contribution in [1.29, 1.82) is 0 Å². The van der Waals surface area contributed by atoms with Crippen molar-refractivity contribution in [1.82, 2.24) is 14.1 Å². The second-order valence-corrected chi connectivity index (χ2v) is 10.8. The summed E-state index contributed by atoms with van der Waals surface area (Å²) in [6, 6.07) is 8.31. The highest BCUT2D eigenvalue weighted by Crippen LogP contribution is 2.25. The number of carbonyl (C=O) groups is 1. The third-order valence-corrected chi connectivity index (χ3v) is 8.41. The van der Waals surface area contributed by atoms with Crippen molar-refractivity contribution in [3.8, 4) is 0 Å². The molecule has 9 heteroatoms. The lowest BCUT2D eigenvalue weighted by Gasteiger charge is -2.34. The van der Waals surface area contributed by atoms with Crippen LogP contribution in [0.5, 0.6) is 0 Å². The summed E-state index contributed by atoms with van der Waals surface area (Å²) in [5, 5.41) is 2.33. The highest BCUT2D eigenvalue weighted by molar-refractivity contribution is 7.89. The number of thiophene rings is 1. The second kappa shape index (κ2) is 9.14. The summed E-state index contributed by atoms with van der Waals surface area (Å²) in [5.41, 5.74) is 0.233. The number of hydrogen-bond donors (Lipinski definition) is 0. The number of hydrogen-bond acceptors (Lipinski definition) is 5. The molecular formula is C20H26ClN3O3S2. The minimum atomic E-state index is -3.68. The fourth-order valence-electron chi connectivity index (χ4n) is 3.17. The predicted molar refractivity (Wildman–Crippen MR) is 117 cm³/mol. The molecule has 6 nitrogen and oxygen atoms in total. The van der Waals surface area contributed by atoms with E-state index < -0.39 is 10.0 Å². The molecule has 0 N–H and O–H groups in total. The van der Waals surface area contributed by atoms with E-state index in [2.05, 4.69) is 16.3 Å². The third-order valence-electron chi connectivity index (χ3n) is 5.19. The van der Waals surface area contributed by atoms with Crippen LogP contribution in [0.1, 0.15) is 29.1 Å². The number of halogens is 1. The maximum absolute atomic E-state index is 13.0. The summed E-state index contributed by atoms with van der Waals surface area (Å²) >= 11 is 7.99. The van der Waals surface area contributed by atoms with E-state index >= 15 is 0 Å². The first-order chi connectivity index (χ1) is 13.7. The molecule has 1 saturated heterocycles.